The number of aromatic nitrogens is 3. The molecule has 1 aliphatic rings. The second-order valence-corrected chi connectivity index (χ2v) is 5.04. The lowest BCUT2D eigenvalue weighted by molar-refractivity contribution is 0.651. The molecule has 0 N–H and O–H groups in total. The molecule has 7 heteroatoms. The van der Waals surface area contributed by atoms with Gasteiger partial charge in [0.2, 0.25) is 0 Å². The van der Waals surface area contributed by atoms with Crippen LogP contribution in [0.15, 0.2) is 45.7 Å². The number of thioether (sulfide) groups is 1. The van der Waals surface area contributed by atoms with Gasteiger partial charge >= 0.3 is 0 Å². The Kier molecular flexibility index (Phi) is 5.21. The van der Waals surface area contributed by atoms with E-state index in [0.29, 0.717) is 24.5 Å². The summed E-state index contributed by atoms with van der Waals surface area (Å²) in [5.41, 5.74) is 1.56. The van der Waals surface area contributed by atoms with Gasteiger partial charge in [0.05, 0.1) is 6.54 Å². The molecule has 1 aromatic rings. The zero-order chi connectivity index (χ0) is 15.2. The summed E-state index contributed by atoms with van der Waals surface area (Å²) in [7, 11) is 1.70. The highest BCUT2D eigenvalue weighted by Crippen LogP contribution is 2.22. The molecule has 2 rings (SSSR count). The van der Waals surface area contributed by atoms with Crippen molar-refractivity contribution in [2.45, 2.75) is 13.0 Å². The van der Waals surface area contributed by atoms with E-state index >= 15 is 0 Å². The second-order valence-electron chi connectivity index (χ2n) is 4.25. The summed E-state index contributed by atoms with van der Waals surface area (Å²) in [6, 6.07) is 0. The van der Waals surface area contributed by atoms with Gasteiger partial charge in [-0.3, -0.25) is 4.99 Å². The number of allylic oxidation sites excluding steroid dienone is 6. The molecule has 0 radical (unpaired) electrons. The first-order valence-corrected chi connectivity index (χ1v) is 7.56. The van der Waals surface area contributed by atoms with Gasteiger partial charge in [-0.1, -0.05) is 17.4 Å². The molecule has 0 fully saturated rings. The molecule has 1 aromatic heterocycles. The maximum Gasteiger partial charge on any atom is 0.181 e. The average molecular weight is 305 g/mol. The van der Waals surface area contributed by atoms with Crippen LogP contribution < -0.4 is 0 Å². The summed E-state index contributed by atoms with van der Waals surface area (Å²) in [5, 5.41) is 8.97. The predicted molar refractivity (Wildman–Crippen MR) is 86.2 cm³/mol. The van der Waals surface area contributed by atoms with Gasteiger partial charge in [0.25, 0.3) is 0 Å². The second kappa shape index (κ2) is 7.12. The van der Waals surface area contributed by atoms with Crippen LogP contribution in [-0.4, -0.2) is 40.1 Å². The van der Waals surface area contributed by atoms with Crippen LogP contribution in [0.25, 0.3) is 0 Å². The maximum atomic E-state index is 13.2. The highest BCUT2D eigenvalue weighted by Gasteiger charge is 2.16. The lowest BCUT2D eigenvalue weighted by Crippen LogP contribution is -2.02. The third kappa shape index (κ3) is 3.55. The highest BCUT2D eigenvalue weighted by atomic mass is 32.2. The largest absolute Gasteiger partial charge is 0.279 e. The van der Waals surface area contributed by atoms with Gasteiger partial charge in [0, 0.05) is 7.05 Å². The van der Waals surface area contributed by atoms with Gasteiger partial charge in [-0.2, -0.15) is 0 Å². The molecule has 110 valence electrons. The van der Waals surface area contributed by atoms with E-state index in [1.165, 1.54) is 23.9 Å². The first kappa shape index (κ1) is 15.4. The van der Waals surface area contributed by atoms with E-state index in [1.54, 1.807) is 17.8 Å². The minimum absolute atomic E-state index is 0.231. The van der Waals surface area contributed by atoms with Gasteiger partial charge in [0.15, 0.2) is 11.5 Å². The third-order valence-corrected chi connectivity index (χ3v) is 3.70. The summed E-state index contributed by atoms with van der Waals surface area (Å²) in [6.07, 6.45) is 9.12. The van der Waals surface area contributed by atoms with E-state index in [1.807, 2.05) is 12.3 Å². The van der Waals surface area contributed by atoms with Crippen LogP contribution in [0.2, 0.25) is 0 Å². The molecule has 0 amide bonds. The normalized spacial score (nSPS) is 15.5. The predicted octanol–water partition coefficient (Wildman–Crippen LogP) is 3.09. The topological polar surface area (TPSA) is 55.4 Å². The van der Waals surface area contributed by atoms with Crippen molar-refractivity contribution in [2.75, 3.05) is 13.3 Å². The molecular formula is C14H16FN5S. The average Bonchev–Trinajstić information content (AvgIpc) is 2.76. The van der Waals surface area contributed by atoms with Gasteiger partial charge < -0.3 is 0 Å². The number of rotatable bonds is 4. The Morgan fingerprint density at radius 2 is 2.29 bits per heavy atom. The number of nitrogens with zero attached hydrogens (tertiary/aromatic N) is 5. The summed E-state index contributed by atoms with van der Waals surface area (Å²) in [5.74, 6) is 0.335. The van der Waals surface area contributed by atoms with Crippen molar-refractivity contribution in [3.8, 4) is 0 Å². The Labute approximate surface area is 127 Å². The zero-order valence-corrected chi connectivity index (χ0v) is 12.8. The van der Waals surface area contributed by atoms with Crippen molar-refractivity contribution < 1.29 is 4.39 Å². The third-order valence-electron chi connectivity index (χ3n) is 2.94. The number of hydrogen-bond acceptors (Lipinski definition) is 5. The molecule has 1 aliphatic carbocycles. The quantitative estimate of drug-likeness (QED) is 0.634. The minimum atomic E-state index is -0.231. The van der Waals surface area contributed by atoms with Crippen molar-refractivity contribution in [3.05, 3.63) is 41.4 Å². The molecule has 5 nitrogen and oxygen atoms in total. The monoisotopic (exact) mass is 305 g/mol. The summed E-state index contributed by atoms with van der Waals surface area (Å²) >= 11 is 1.48. The van der Waals surface area contributed by atoms with Crippen LogP contribution in [0, 0.1) is 0 Å². The van der Waals surface area contributed by atoms with Crippen LogP contribution in [0.5, 0.6) is 0 Å². The molecule has 0 atom stereocenters. The summed E-state index contributed by atoms with van der Waals surface area (Å²) in [6.45, 7) is 4.04. The van der Waals surface area contributed by atoms with Crippen LogP contribution in [-0.2, 0) is 6.54 Å². The fraction of sp³-hybridized carbons (Fsp3) is 0.286. The maximum absolute atomic E-state index is 13.2. The van der Waals surface area contributed by atoms with Crippen molar-refractivity contribution in [1.29, 1.82) is 0 Å². The van der Waals surface area contributed by atoms with Crippen molar-refractivity contribution >= 4 is 29.3 Å². The van der Waals surface area contributed by atoms with Crippen molar-refractivity contribution in [3.63, 3.8) is 0 Å². The van der Waals surface area contributed by atoms with E-state index in [0.717, 1.165) is 10.6 Å². The van der Waals surface area contributed by atoms with Crippen LogP contribution in [0.4, 0.5) is 10.2 Å². The van der Waals surface area contributed by atoms with E-state index in [9.17, 15) is 4.39 Å². The summed E-state index contributed by atoms with van der Waals surface area (Å²) in [4.78, 5) is 8.17. The van der Waals surface area contributed by atoms with Gasteiger partial charge in [-0.25, -0.2) is 14.1 Å². The van der Waals surface area contributed by atoms with Crippen LogP contribution in [0.3, 0.4) is 0 Å². The molecule has 0 saturated heterocycles. The first-order chi connectivity index (χ1) is 10.2. The first-order valence-electron chi connectivity index (χ1n) is 6.33. The van der Waals surface area contributed by atoms with Gasteiger partial charge in [0.1, 0.15) is 10.9 Å². The molecule has 0 saturated carbocycles. The number of aliphatic imine (C=N–C) groups is 2. The molecule has 0 aliphatic heterocycles. The van der Waals surface area contributed by atoms with E-state index in [2.05, 4.69) is 27.0 Å². The van der Waals surface area contributed by atoms with Crippen LogP contribution >= 0.6 is 11.8 Å². The highest BCUT2D eigenvalue weighted by molar-refractivity contribution is 8.13. The van der Waals surface area contributed by atoms with Crippen LogP contribution in [0.1, 0.15) is 12.1 Å². The smallest absolute Gasteiger partial charge is 0.181 e. The Balaban J connectivity index is 2.28. The Hall–Kier alpha value is -2.02. The Morgan fingerprint density at radius 3 is 2.95 bits per heavy atom. The van der Waals surface area contributed by atoms with E-state index in [4.69, 9.17) is 0 Å². The summed E-state index contributed by atoms with van der Waals surface area (Å²) < 4.78 is 14.8. The molecule has 0 spiro atoms. The molecule has 21 heavy (non-hydrogen) atoms. The molecule has 0 unspecified atom stereocenters. The Bertz CT molecular complexity index is 654. The molecule has 0 aromatic carbocycles. The minimum Gasteiger partial charge on any atom is -0.279 e. The number of hydrogen-bond donors (Lipinski definition) is 0. The zero-order valence-electron chi connectivity index (χ0n) is 12.0. The van der Waals surface area contributed by atoms with E-state index < -0.39 is 0 Å². The fourth-order valence-electron chi connectivity index (χ4n) is 1.94. The lowest BCUT2D eigenvalue weighted by atomic mass is 10.2. The van der Waals surface area contributed by atoms with E-state index in [-0.39, 0.29) is 5.83 Å². The standard InChI is InChI=1S/C14H16FN5S/c1-16-13-12(14(17-2)21-3)18-19-20(13)9-10-5-4-6-11(15)8-7-10/h5-8H,1,4,9H2,2-3H3. The molecule has 0 bridgehead atoms. The lowest BCUT2D eigenvalue weighted by Gasteiger charge is -2.04. The Morgan fingerprint density at radius 1 is 1.48 bits per heavy atom. The van der Waals surface area contributed by atoms with Gasteiger partial charge in [-0.05, 0) is 37.1 Å². The van der Waals surface area contributed by atoms with Gasteiger partial charge in [-0.15, -0.1) is 16.9 Å². The van der Waals surface area contributed by atoms with Crippen molar-refractivity contribution in [1.82, 2.24) is 15.0 Å². The van der Waals surface area contributed by atoms with Crippen molar-refractivity contribution in [2.24, 2.45) is 9.98 Å². The SMILES string of the molecule is C=Nc1c(C(=NC)SC)nnn1CC1=CCC=C(F)C=C1. The molecule has 1 heterocycles. The fourth-order valence-corrected chi connectivity index (χ4v) is 2.45. The molecular weight excluding hydrogens is 289 g/mol. The number of halogens is 1.